The maximum Gasteiger partial charge on any atom is 0.214 e. The molecule has 0 amide bonds. The Labute approximate surface area is 212 Å². The topological polar surface area (TPSA) is 105 Å². The fourth-order valence-corrected chi connectivity index (χ4v) is 5.22. The predicted octanol–water partition coefficient (Wildman–Crippen LogP) is 3.07. The van der Waals surface area contributed by atoms with Gasteiger partial charge in [-0.2, -0.15) is 14.8 Å². The average Bonchev–Trinajstić information content (AvgIpc) is 2.87. The van der Waals surface area contributed by atoms with Crippen LogP contribution in [0, 0.1) is 35.0 Å². The quantitative estimate of drug-likeness (QED) is 0.409. The molecule has 8 heteroatoms. The number of benzene rings is 2. The van der Waals surface area contributed by atoms with Gasteiger partial charge in [-0.3, -0.25) is 9.69 Å². The Morgan fingerprint density at radius 1 is 0.944 bits per heavy atom. The van der Waals surface area contributed by atoms with Gasteiger partial charge in [-0.15, -0.1) is 6.42 Å². The summed E-state index contributed by atoms with van der Waals surface area (Å²) in [6.45, 7) is 0.906. The molecule has 0 saturated carbocycles. The van der Waals surface area contributed by atoms with Crippen LogP contribution in [-0.4, -0.2) is 62.4 Å². The SMILES string of the molecule is C#CCN(C)CCCS(=O)(=O)N1C/C(=C\c2ccc(C#N)cc2)C(=O)/C(=C/c2ccc(C#N)cc2)C1. The summed E-state index contributed by atoms with van der Waals surface area (Å²) in [6, 6.07) is 17.6. The fourth-order valence-electron chi connectivity index (χ4n) is 3.80. The third-order valence-electron chi connectivity index (χ3n) is 5.73. The van der Waals surface area contributed by atoms with E-state index in [2.05, 4.69) is 18.1 Å². The number of piperidine rings is 1. The Hall–Kier alpha value is -4.00. The number of hydrogen-bond donors (Lipinski definition) is 0. The van der Waals surface area contributed by atoms with Crippen molar-refractivity contribution in [1.29, 1.82) is 10.5 Å². The molecule has 0 spiro atoms. The maximum absolute atomic E-state index is 13.3. The van der Waals surface area contributed by atoms with Crippen LogP contribution >= 0.6 is 0 Å². The predicted molar refractivity (Wildman–Crippen MR) is 140 cm³/mol. The van der Waals surface area contributed by atoms with Gasteiger partial charge >= 0.3 is 0 Å². The van der Waals surface area contributed by atoms with E-state index in [0.29, 0.717) is 52.9 Å². The van der Waals surface area contributed by atoms with Crippen LogP contribution in [0.15, 0.2) is 59.7 Å². The summed E-state index contributed by atoms with van der Waals surface area (Å²) in [5, 5.41) is 18.1. The summed E-state index contributed by atoms with van der Waals surface area (Å²) in [6.07, 6.45) is 9.05. The van der Waals surface area contributed by atoms with E-state index in [1.807, 2.05) is 11.9 Å². The Balaban J connectivity index is 1.92. The zero-order valence-electron chi connectivity index (χ0n) is 20.0. The molecule has 1 aliphatic rings. The Morgan fingerprint density at radius 3 is 1.83 bits per heavy atom. The van der Waals surface area contributed by atoms with E-state index in [9.17, 15) is 13.2 Å². The van der Waals surface area contributed by atoms with Crippen LogP contribution in [-0.2, 0) is 14.8 Å². The highest BCUT2D eigenvalue weighted by atomic mass is 32.2. The number of rotatable bonds is 8. The molecule has 0 aromatic heterocycles. The van der Waals surface area contributed by atoms with E-state index < -0.39 is 10.0 Å². The number of nitriles is 2. The number of carbonyl (C=O) groups excluding carboxylic acids is 1. The largest absolute Gasteiger partial charge is 0.295 e. The molecular weight excluding hydrogens is 472 g/mol. The van der Waals surface area contributed by atoms with Crippen molar-refractivity contribution < 1.29 is 13.2 Å². The lowest BCUT2D eigenvalue weighted by molar-refractivity contribution is -0.113. The second-order valence-electron chi connectivity index (χ2n) is 8.52. The van der Waals surface area contributed by atoms with E-state index in [-0.39, 0.29) is 24.6 Å². The molecule has 2 aromatic carbocycles. The van der Waals surface area contributed by atoms with Crippen LogP contribution in [0.1, 0.15) is 28.7 Å². The molecule has 1 saturated heterocycles. The van der Waals surface area contributed by atoms with E-state index in [1.54, 1.807) is 60.7 Å². The first kappa shape index (κ1) is 26.6. The van der Waals surface area contributed by atoms with Crippen molar-refractivity contribution in [3.05, 3.63) is 81.9 Å². The first-order valence-corrected chi connectivity index (χ1v) is 12.9. The minimum absolute atomic E-state index is 0.0356. The second kappa shape index (κ2) is 12.1. The molecule has 36 heavy (non-hydrogen) atoms. The highest BCUT2D eigenvalue weighted by Gasteiger charge is 2.33. The highest BCUT2D eigenvalue weighted by molar-refractivity contribution is 7.89. The van der Waals surface area contributed by atoms with Crippen molar-refractivity contribution in [3.8, 4) is 24.5 Å². The molecule has 3 rings (SSSR count). The van der Waals surface area contributed by atoms with Crippen LogP contribution in [0.4, 0.5) is 0 Å². The highest BCUT2D eigenvalue weighted by Crippen LogP contribution is 2.25. The van der Waals surface area contributed by atoms with Crippen LogP contribution < -0.4 is 0 Å². The molecule has 1 heterocycles. The molecular formula is C28H26N4O3S. The van der Waals surface area contributed by atoms with Crippen LogP contribution in [0.3, 0.4) is 0 Å². The van der Waals surface area contributed by atoms with Gasteiger partial charge in [0, 0.05) is 24.2 Å². The summed E-state index contributed by atoms with van der Waals surface area (Å²) < 4.78 is 27.8. The van der Waals surface area contributed by atoms with Gasteiger partial charge in [0.2, 0.25) is 10.0 Å². The van der Waals surface area contributed by atoms with Gasteiger partial charge in [-0.25, -0.2) is 8.42 Å². The van der Waals surface area contributed by atoms with E-state index >= 15 is 0 Å². The standard InChI is InChI=1S/C28H26N4O3S/c1-3-13-31(2)14-4-15-36(34,35)32-20-26(16-22-5-9-24(18-29)10-6-22)28(33)27(21-32)17-23-7-11-25(19-30)12-8-23/h1,5-12,16-17H,4,13-15,20-21H2,2H3/b26-16+,27-17+. The number of ketones is 1. The van der Waals surface area contributed by atoms with E-state index in [1.165, 1.54) is 4.31 Å². The molecule has 1 fully saturated rings. The molecule has 0 radical (unpaired) electrons. The smallest absolute Gasteiger partial charge is 0.214 e. The summed E-state index contributed by atoms with van der Waals surface area (Å²) in [7, 11) is -1.82. The Morgan fingerprint density at radius 2 is 1.42 bits per heavy atom. The number of nitrogens with zero attached hydrogens (tertiary/aromatic N) is 4. The minimum Gasteiger partial charge on any atom is -0.295 e. The Bertz CT molecular complexity index is 1320. The first-order valence-electron chi connectivity index (χ1n) is 11.3. The van der Waals surface area contributed by atoms with Gasteiger partial charge in [0.1, 0.15) is 0 Å². The average molecular weight is 499 g/mol. The lowest BCUT2D eigenvalue weighted by atomic mass is 9.95. The van der Waals surface area contributed by atoms with Gasteiger partial charge in [0.15, 0.2) is 5.78 Å². The minimum atomic E-state index is -3.65. The molecule has 0 N–H and O–H groups in total. The summed E-state index contributed by atoms with van der Waals surface area (Å²) in [5.41, 5.74) is 3.08. The fraction of sp³-hybridized carbons (Fsp3) is 0.250. The van der Waals surface area contributed by atoms with Gasteiger partial charge in [-0.1, -0.05) is 30.2 Å². The number of carbonyl (C=O) groups is 1. The van der Waals surface area contributed by atoms with Gasteiger partial charge in [0.05, 0.1) is 35.6 Å². The zero-order valence-corrected chi connectivity index (χ0v) is 20.8. The molecule has 0 bridgehead atoms. The summed E-state index contributed by atoms with van der Waals surface area (Å²) >= 11 is 0. The third kappa shape index (κ3) is 7.01. The molecule has 1 aliphatic heterocycles. The van der Waals surface area contributed by atoms with Gasteiger partial charge in [0.25, 0.3) is 0 Å². The van der Waals surface area contributed by atoms with Crippen molar-refractivity contribution >= 4 is 28.0 Å². The van der Waals surface area contributed by atoms with Crippen molar-refractivity contribution in [2.24, 2.45) is 0 Å². The molecule has 7 nitrogen and oxygen atoms in total. The normalized spacial score (nSPS) is 16.6. The maximum atomic E-state index is 13.3. The van der Waals surface area contributed by atoms with Crippen LogP contribution in [0.5, 0.6) is 0 Å². The van der Waals surface area contributed by atoms with Crippen molar-refractivity contribution in [2.45, 2.75) is 6.42 Å². The van der Waals surface area contributed by atoms with Crippen molar-refractivity contribution in [3.63, 3.8) is 0 Å². The lowest BCUT2D eigenvalue weighted by Crippen LogP contribution is -2.43. The van der Waals surface area contributed by atoms with Gasteiger partial charge in [-0.05, 0) is 67.6 Å². The van der Waals surface area contributed by atoms with E-state index in [4.69, 9.17) is 16.9 Å². The molecule has 182 valence electrons. The summed E-state index contributed by atoms with van der Waals surface area (Å²) in [5.74, 6) is 2.24. The third-order valence-corrected chi connectivity index (χ3v) is 7.58. The van der Waals surface area contributed by atoms with E-state index in [0.717, 1.165) is 0 Å². The lowest BCUT2D eigenvalue weighted by Gasteiger charge is -2.29. The number of terminal acetylenes is 1. The molecule has 0 aliphatic carbocycles. The number of hydrogen-bond acceptors (Lipinski definition) is 6. The molecule has 0 atom stereocenters. The van der Waals surface area contributed by atoms with Crippen LogP contribution in [0.2, 0.25) is 0 Å². The Kier molecular flexibility index (Phi) is 8.95. The van der Waals surface area contributed by atoms with Crippen molar-refractivity contribution in [2.75, 3.05) is 39.0 Å². The number of sulfonamides is 1. The second-order valence-corrected chi connectivity index (χ2v) is 10.6. The zero-order chi connectivity index (χ0) is 26.1. The monoisotopic (exact) mass is 498 g/mol. The van der Waals surface area contributed by atoms with Crippen molar-refractivity contribution in [1.82, 2.24) is 9.21 Å². The van der Waals surface area contributed by atoms with Crippen LogP contribution in [0.25, 0.3) is 12.2 Å². The summed E-state index contributed by atoms with van der Waals surface area (Å²) in [4.78, 5) is 15.2. The first-order chi connectivity index (χ1) is 17.2. The van der Waals surface area contributed by atoms with Gasteiger partial charge < -0.3 is 0 Å². The number of Topliss-reactive ketones (excluding diaryl/α,β-unsaturated/α-hetero) is 1. The molecule has 2 aromatic rings. The molecule has 0 unspecified atom stereocenters.